The zero-order chi connectivity index (χ0) is 19.8. The molecule has 1 atom stereocenters. The predicted molar refractivity (Wildman–Crippen MR) is 115 cm³/mol. The fourth-order valence-electron chi connectivity index (χ4n) is 4.27. The van der Waals surface area contributed by atoms with Crippen LogP contribution in [0.25, 0.3) is 10.2 Å². The lowest BCUT2D eigenvalue weighted by atomic mass is 10.2. The van der Waals surface area contributed by atoms with Crippen molar-refractivity contribution in [3.8, 4) is 0 Å². The van der Waals surface area contributed by atoms with E-state index in [1.165, 1.54) is 34.0 Å². The minimum Gasteiger partial charge on any atom is -0.383 e. The van der Waals surface area contributed by atoms with Crippen molar-refractivity contribution in [3.05, 3.63) is 39.8 Å². The van der Waals surface area contributed by atoms with E-state index in [9.17, 15) is 4.79 Å². The van der Waals surface area contributed by atoms with Gasteiger partial charge < -0.3 is 9.30 Å². The first kappa shape index (κ1) is 19.6. The van der Waals surface area contributed by atoms with E-state index in [0.29, 0.717) is 12.4 Å². The Bertz CT molecular complexity index is 1040. The van der Waals surface area contributed by atoms with Crippen molar-refractivity contribution in [1.82, 2.24) is 14.5 Å². The Morgan fingerprint density at radius 3 is 2.96 bits per heavy atom. The number of aromatic nitrogens is 3. The Balaban J connectivity index is 1.56. The summed E-state index contributed by atoms with van der Waals surface area (Å²) >= 11 is 3.32. The minimum absolute atomic E-state index is 0.146. The van der Waals surface area contributed by atoms with Crippen LogP contribution in [0.15, 0.2) is 17.4 Å². The standard InChI is InChI=1S/C21H25N3O2S2/c1-12-8-16(14(3)24(12)13(2)9-26-4)17(25)10-27-20-19-15-6-5-7-18(15)28-21(19)23-11-22-20/h8,11,13H,5-7,9-10H2,1-4H3/t13-/m1/s1. The van der Waals surface area contributed by atoms with Crippen LogP contribution in [0, 0.1) is 13.8 Å². The normalized spacial score (nSPS) is 14.6. The molecule has 0 N–H and O–H groups in total. The molecular formula is C21H25N3O2S2. The van der Waals surface area contributed by atoms with E-state index in [1.807, 2.05) is 19.9 Å². The summed E-state index contributed by atoms with van der Waals surface area (Å²) in [6, 6.07) is 2.21. The summed E-state index contributed by atoms with van der Waals surface area (Å²) in [4.78, 5) is 24.4. The third-order valence-corrected chi connectivity index (χ3v) is 7.63. The highest BCUT2D eigenvalue weighted by Crippen LogP contribution is 2.40. The molecule has 0 saturated carbocycles. The van der Waals surface area contributed by atoms with Gasteiger partial charge in [0.25, 0.3) is 0 Å². The maximum absolute atomic E-state index is 13.0. The second-order valence-corrected chi connectivity index (χ2v) is 9.44. The lowest BCUT2D eigenvalue weighted by molar-refractivity contribution is 0.102. The summed E-state index contributed by atoms with van der Waals surface area (Å²) in [6.45, 7) is 6.81. The van der Waals surface area contributed by atoms with Gasteiger partial charge in [0.1, 0.15) is 16.2 Å². The number of aryl methyl sites for hydroxylation is 3. The van der Waals surface area contributed by atoms with Gasteiger partial charge in [0.05, 0.1) is 18.4 Å². The van der Waals surface area contributed by atoms with Gasteiger partial charge in [-0.15, -0.1) is 11.3 Å². The van der Waals surface area contributed by atoms with Crippen LogP contribution in [0.1, 0.15) is 51.6 Å². The maximum atomic E-state index is 13.0. The van der Waals surface area contributed by atoms with Gasteiger partial charge in [0.2, 0.25) is 0 Å². The topological polar surface area (TPSA) is 57.0 Å². The summed E-state index contributed by atoms with van der Waals surface area (Å²) in [6.07, 6.45) is 5.08. The summed E-state index contributed by atoms with van der Waals surface area (Å²) in [5.74, 6) is 0.535. The molecule has 0 fully saturated rings. The molecule has 0 unspecified atom stereocenters. The van der Waals surface area contributed by atoms with Crippen molar-refractivity contribution in [2.45, 2.75) is 51.1 Å². The van der Waals surface area contributed by atoms with Gasteiger partial charge in [-0.05, 0) is 51.7 Å². The first-order valence-electron chi connectivity index (χ1n) is 9.59. The average molecular weight is 416 g/mol. The second kappa shape index (κ2) is 7.97. The largest absolute Gasteiger partial charge is 0.383 e. The zero-order valence-corrected chi connectivity index (χ0v) is 18.4. The summed E-state index contributed by atoms with van der Waals surface area (Å²) in [5.41, 5.74) is 4.31. The van der Waals surface area contributed by atoms with E-state index < -0.39 is 0 Å². The average Bonchev–Trinajstić information content (AvgIpc) is 3.32. The van der Waals surface area contributed by atoms with Crippen molar-refractivity contribution >= 4 is 39.1 Å². The highest BCUT2D eigenvalue weighted by atomic mass is 32.2. The maximum Gasteiger partial charge on any atom is 0.174 e. The number of ether oxygens (including phenoxy) is 1. The van der Waals surface area contributed by atoms with Crippen molar-refractivity contribution in [1.29, 1.82) is 0 Å². The molecule has 0 spiro atoms. The lowest BCUT2D eigenvalue weighted by Gasteiger charge is -2.17. The van der Waals surface area contributed by atoms with Crippen molar-refractivity contribution in [2.75, 3.05) is 19.5 Å². The van der Waals surface area contributed by atoms with Gasteiger partial charge in [0.15, 0.2) is 5.78 Å². The van der Waals surface area contributed by atoms with Gasteiger partial charge in [-0.1, -0.05) is 11.8 Å². The van der Waals surface area contributed by atoms with Gasteiger partial charge in [-0.3, -0.25) is 4.79 Å². The van der Waals surface area contributed by atoms with Gasteiger partial charge in [-0.2, -0.15) is 0 Å². The highest BCUT2D eigenvalue weighted by Gasteiger charge is 2.23. The van der Waals surface area contributed by atoms with E-state index >= 15 is 0 Å². The molecule has 1 aliphatic carbocycles. The molecule has 4 rings (SSSR count). The molecule has 0 amide bonds. The molecule has 5 nitrogen and oxygen atoms in total. The van der Waals surface area contributed by atoms with E-state index in [4.69, 9.17) is 4.74 Å². The quantitative estimate of drug-likeness (QED) is 0.316. The molecule has 7 heteroatoms. The number of methoxy groups -OCH3 is 1. The molecule has 0 saturated heterocycles. The van der Waals surface area contributed by atoms with Crippen LogP contribution in [-0.2, 0) is 17.6 Å². The number of carbonyl (C=O) groups excluding carboxylic acids is 1. The Kier molecular flexibility index (Phi) is 5.58. The van der Waals surface area contributed by atoms with Crippen LogP contribution in [-0.4, -0.2) is 39.8 Å². The molecule has 0 aliphatic heterocycles. The van der Waals surface area contributed by atoms with Gasteiger partial charge in [0, 0.05) is 34.3 Å². The van der Waals surface area contributed by atoms with Gasteiger partial charge in [-0.25, -0.2) is 9.97 Å². The SMILES string of the molecule is COC[C@@H](C)n1c(C)cc(C(=O)CSc2ncnc3sc4c(c23)CCC4)c1C. The molecule has 3 heterocycles. The number of rotatable bonds is 7. The number of fused-ring (bicyclic) bond motifs is 3. The van der Waals surface area contributed by atoms with Gasteiger partial charge >= 0.3 is 0 Å². The molecule has 28 heavy (non-hydrogen) atoms. The monoisotopic (exact) mass is 415 g/mol. The number of Topliss-reactive ketones (excluding diaryl/α,β-unsaturated/α-hetero) is 1. The Morgan fingerprint density at radius 2 is 2.18 bits per heavy atom. The van der Waals surface area contributed by atoms with Crippen LogP contribution in [0.5, 0.6) is 0 Å². The van der Waals surface area contributed by atoms with Crippen LogP contribution in [0.4, 0.5) is 0 Å². The highest BCUT2D eigenvalue weighted by molar-refractivity contribution is 8.00. The van der Waals surface area contributed by atoms with E-state index in [2.05, 4.69) is 21.5 Å². The third-order valence-electron chi connectivity index (χ3n) is 5.44. The number of hydrogen-bond donors (Lipinski definition) is 0. The fourth-order valence-corrected chi connectivity index (χ4v) is 6.48. The first-order chi connectivity index (χ1) is 13.5. The number of nitrogens with zero attached hydrogens (tertiary/aromatic N) is 3. The number of hydrogen-bond acceptors (Lipinski definition) is 6. The van der Waals surface area contributed by atoms with E-state index in [1.54, 1.807) is 24.8 Å². The summed E-state index contributed by atoms with van der Waals surface area (Å²) in [5, 5.41) is 2.12. The first-order valence-corrected chi connectivity index (χ1v) is 11.4. The van der Waals surface area contributed by atoms with Crippen LogP contribution >= 0.6 is 23.1 Å². The van der Waals surface area contributed by atoms with Crippen LogP contribution < -0.4 is 0 Å². The number of thiophene rings is 1. The molecule has 3 aromatic rings. The minimum atomic E-state index is 0.146. The third kappa shape index (κ3) is 3.40. The Morgan fingerprint density at radius 1 is 1.36 bits per heavy atom. The molecule has 1 aliphatic rings. The molecule has 0 bridgehead atoms. The predicted octanol–water partition coefficient (Wildman–Crippen LogP) is 4.78. The Labute approximate surface area is 173 Å². The fraction of sp³-hybridized carbons (Fsp3) is 0.476. The van der Waals surface area contributed by atoms with Crippen molar-refractivity contribution in [3.63, 3.8) is 0 Å². The molecule has 0 radical (unpaired) electrons. The molecule has 0 aromatic carbocycles. The van der Waals surface area contributed by atoms with Crippen molar-refractivity contribution in [2.24, 2.45) is 0 Å². The second-order valence-electron chi connectivity index (χ2n) is 7.39. The molecule has 3 aromatic heterocycles. The van der Waals surface area contributed by atoms with E-state index in [0.717, 1.165) is 39.6 Å². The van der Waals surface area contributed by atoms with E-state index in [-0.39, 0.29) is 11.8 Å². The zero-order valence-electron chi connectivity index (χ0n) is 16.7. The molecule has 148 valence electrons. The number of carbonyl (C=O) groups is 1. The number of thioether (sulfide) groups is 1. The van der Waals surface area contributed by atoms with Crippen molar-refractivity contribution < 1.29 is 9.53 Å². The molecular weight excluding hydrogens is 390 g/mol. The lowest BCUT2D eigenvalue weighted by Crippen LogP contribution is -2.14. The Hall–Kier alpha value is -1.70. The van der Waals surface area contributed by atoms with Crippen LogP contribution in [0.3, 0.4) is 0 Å². The summed E-state index contributed by atoms with van der Waals surface area (Å²) < 4.78 is 7.48. The smallest absolute Gasteiger partial charge is 0.174 e. The summed E-state index contributed by atoms with van der Waals surface area (Å²) in [7, 11) is 1.71. The number of ketones is 1. The van der Waals surface area contributed by atoms with Crippen LogP contribution in [0.2, 0.25) is 0 Å².